The topological polar surface area (TPSA) is 79.0 Å². The van der Waals surface area contributed by atoms with Crippen LogP contribution in [0.3, 0.4) is 0 Å². The van der Waals surface area contributed by atoms with Gasteiger partial charge in [0.15, 0.2) is 0 Å². The average molecular weight is 404 g/mol. The molecular weight excluding hydrogens is 385 g/mol. The van der Waals surface area contributed by atoms with E-state index in [1.54, 1.807) is 18.3 Å². The van der Waals surface area contributed by atoms with Crippen LogP contribution in [0.25, 0.3) is 11.1 Å². The lowest BCUT2D eigenvalue weighted by Gasteiger charge is -2.52. The SMILES string of the molecule is C[C@@]12CCOC[C@H]1[C@@]1(COC(N)=N1)c1cc(-c3cncc(Cl)c3)c(F)cc1O2. The van der Waals surface area contributed by atoms with Gasteiger partial charge in [-0.2, -0.15) is 0 Å². The van der Waals surface area contributed by atoms with Crippen molar-refractivity contribution >= 4 is 17.6 Å². The van der Waals surface area contributed by atoms with E-state index in [2.05, 4.69) is 9.98 Å². The molecule has 3 aliphatic rings. The van der Waals surface area contributed by atoms with E-state index >= 15 is 4.39 Å². The molecule has 2 N–H and O–H groups in total. The second kappa shape index (κ2) is 6.06. The molecule has 6 nitrogen and oxygen atoms in total. The number of pyridine rings is 1. The number of nitrogens with two attached hydrogens (primary N) is 1. The van der Waals surface area contributed by atoms with Crippen molar-refractivity contribution in [3.63, 3.8) is 0 Å². The first-order chi connectivity index (χ1) is 13.4. The molecule has 1 aromatic carbocycles. The number of aromatic nitrogens is 1. The zero-order chi connectivity index (χ0) is 19.5. The fourth-order valence-electron chi connectivity index (χ4n) is 4.55. The van der Waals surface area contributed by atoms with Gasteiger partial charge >= 0.3 is 0 Å². The summed E-state index contributed by atoms with van der Waals surface area (Å²) in [5.41, 5.74) is 6.25. The van der Waals surface area contributed by atoms with E-state index in [1.165, 1.54) is 12.3 Å². The number of fused-ring (bicyclic) bond motifs is 4. The van der Waals surface area contributed by atoms with E-state index in [0.29, 0.717) is 41.5 Å². The smallest absolute Gasteiger partial charge is 0.283 e. The number of benzene rings is 1. The Bertz CT molecular complexity index is 1000. The van der Waals surface area contributed by atoms with Gasteiger partial charge in [-0.1, -0.05) is 11.6 Å². The van der Waals surface area contributed by atoms with E-state index in [0.717, 1.165) is 5.56 Å². The quantitative estimate of drug-likeness (QED) is 0.790. The summed E-state index contributed by atoms with van der Waals surface area (Å²) in [6, 6.07) is 4.95. The maximum absolute atomic E-state index is 15.0. The predicted molar refractivity (Wildman–Crippen MR) is 102 cm³/mol. The van der Waals surface area contributed by atoms with Crippen LogP contribution in [-0.4, -0.2) is 36.4 Å². The Kier molecular flexibility index (Phi) is 3.83. The van der Waals surface area contributed by atoms with Gasteiger partial charge in [-0.15, -0.1) is 0 Å². The first-order valence-electron chi connectivity index (χ1n) is 9.11. The lowest BCUT2D eigenvalue weighted by molar-refractivity contribution is -0.129. The number of amidine groups is 1. The van der Waals surface area contributed by atoms with Crippen LogP contribution < -0.4 is 10.5 Å². The van der Waals surface area contributed by atoms with Crippen LogP contribution in [0.15, 0.2) is 35.6 Å². The second-order valence-corrected chi connectivity index (χ2v) is 8.11. The molecule has 0 radical (unpaired) electrons. The van der Waals surface area contributed by atoms with Crippen LogP contribution in [0.2, 0.25) is 5.02 Å². The minimum absolute atomic E-state index is 0.113. The Hall–Kier alpha value is -2.38. The highest BCUT2D eigenvalue weighted by Gasteiger charge is 2.60. The largest absolute Gasteiger partial charge is 0.486 e. The first-order valence-corrected chi connectivity index (χ1v) is 9.49. The Labute approximate surface area is 166 Å². The maximum atomic E-state index is 15.0. The average Bonchev–Trinajstić information content (AvgIpc) is 3.03. The maximum Gasteiger partial charge on any atom is 0.283 e. The molecule has 0 bridgehead atoms. The standard InChI is InChI=1S/C20H19ClFN3O3/c1-19-2-3-26-9-17(19)20(10-27-18(23)25-20)14-5-13(15(22)6-16(14)28-19)11-4-12(21)8-24-7-11/h4-8,17H,2-3,9-10H2,1H3,(H2,23,25)/t17-,19-,20-/m1/s1. The fraction of sp³-hybridized carbons (Fsp3) is 0.400. The highest BCUT2D eigenvalue weighted by atomic mass is 35.5. The number of aliphatic imine (C=N–C) groups is 1. The van der Waals surface area contributed by atoms with Crippen molar-refractivity contribution in [3.8, 4) is 16.9 Å². The van der Waals surface area contributed by atoms with Gasteiger partial charge in [0.1, 0.15) is 29.3 Å². The van der Waals surface area contributed by atoms with Crippen molar-refractivity contribution in [1.29, 1.82) is 0 Å². The summed E-state index contributed by atoms with van der Waals surface area (Å²) in [4.78, 5) is 8.75. The highest BCUT2D eigenvalue weighted by Crippen LogP contribution is 2.55. The summed E-state index contributed by atoms with van der Waals surface area (Å²) in [5.74, 6) is -0.0695. The number of rotatable bonds is 1. The molecule has 1 aromatic heterocycles. The number of ether oxygens (including phenoxy) is 3. The normalized spacial score (nSPS) is 30.8. The van der Waals surface area contributed by atoms with Crippen molar-refractivity contribution in [2.75, 3.05) is 19.8 Å². The van der Waals surface area contributed by atoms with Gasteiger partial charge in [0.25, 0.3) is 6.02 Å². The van der Waals surface area contributed by atoms with Crippen LogP contribution in [0.4, 0.5) is 4.39 Å². The predicted octanol–water partition coefficient (Wildman–Crippen LogP) is 3.27. The van der Waals surface area contributed by atoms with Crippen molar-refractivity contribution in [3.05, 3.63) is 47.0 Å². The molecule has 3 aliphatic heterocycles. The van der Waals surface area contributed by atoms with Crippen LogP contribution in [0.1, 0.15) is 18.9 Å². The van der Waals surface area contributed by atoms with E-state index in [1.807, 2.05) is 6.92 Å². The monoisotopic (exact) mass is 403 g/mol. The van der Waals surface area contributed by atoms with Crippen molar-refractivity contribution in [2.24, 2.45) is 16.6 Å². The number of hydrogen-bond acceptors (Lipinski definition) is 6. The van der Waals surface area contributed by atoms with Crippen molar-refractivity contribution in [1.82, 2.24) is 4.98 Å². The third-order valence-electron chi connectivity index (χ3n) is 5.99. The van der Waals surface area contributed by atoms with E-state index in [4.69, 9.17) is 31.5 Å². The van der Waals surface area contributed by atoms with Crippen LogP contribution in [0.5, 0.6) is 5.75 Å². The highest BCUT2D eigenvalue weighted by molar-refractivity contribution is 6.30. The molecule has 0 unspecified atom stereocenters. The van der Waals surface area contributed by atoms with Gasteiger partial charge in [-0.3, -0.25) is 4.98 Å². The summed E-state index contributed by atoms with van der Waals surface area (Å²) in [5, 5.41) is 0.431. The van der Waals surface area contributed by atoms with E-state index in [9.17, 15) is 0 Å². The molecule has 146 valence electrons. The molecule has 3 atom stereocenters. The molecule has 5 rings (SSSR count). The van der Waals surface area contributed by atoms with Gasteiger partial charge in [0.05, 0.1) is 24.2 Å². The Morgan fingerprint density at radius 1 is 1.29 bits per heavy atom. The number of hydrogen-bond donors (Lipinski definition) is 1. The zero-order valence-corrected chi connectivity index (χ0v) is 16.0. The molecule has 0 amide bonds. The van der Waals surface area contributed by atoms with Crippen molar-refractivity contribution < 1.29 is 18.6 Å². The number of halogens is 2. The van der Waals surface area contributed by atoms with E-state index < -0.39 is 17.0 Å². The lowest BCUT2D eigenvalue weighted by Crippen LogP contribution is -2.59. The Balaban J connectivity index is 1.74. The fourth-order valence-corrected chi connectivity index (χ4v) is 4.72. The molecule has 2 aromatic rings. The summed E-state index contributed by atoms with van der Waals surface area (Å²) in [7, 11) is 0. The molecule has 0 aliphatic carbocycles. The number of nitrogens with zero attached hydrogens (tertiary/aromatic N) is 2. The Morgan fingerprint density at radius 3 is 2.89 bits per heavy atom. The molecule has 0 saturated carbocycles. The minimum atomic E-state index is -0.790. The van der Waals surface area contributed by atoms with E-state index in [-0.39, 0.29) is 18.5 Å². The van der Waals surface area contributed by atoms with Gasteiger partial charge in [0, 0.05) is 41.6 Å². The minimum Gasteiger partial charge on any atom is -0.486 e. The van der Waals surface area contributed by atoms with Gasteiger partial charge in [0.2, 0.25) is 0 Å². The van der Waals surface area contributed by atoms with Crippen LogP contribution in [0, 0.1) is 11.7 Å². The molecule has 1 saturated heterocycles. The van der Waals surface area contributed by atoms with Crippen LogP contribution >= 0.6 is 11.6 Å². The lowest BCUT2D eigenvalue weighted by atomic mass is 9.66. The van der Waals surface area contributed by atoms with Crippen LogP contribution in [-0.2, 0) is 15.0 Å². The summed E-state index contributed by atoms with van der Waals surface area (Å²) < 4.78 is 32.7. The third-order valence-corrected chi connectivity index (χ3v) is 6.19. The molecule has 1 fully saturated rings. The molecule has 8 heteroatoms. The zero-order valence-electron chi connectivity index (χ0n) is 15.2. The molecular formula is C20H19ClFN3O3. The molecule has 28 heavy (non-hydrogen) atoms. The first kappa shape index (κ1) is 17.7. The van der Waals surface area contributed by atoms with Gasteiger partial charge in [-0.05, 0) is 19.1 Å². The van der Waals surface area contributed by atoms with Gasteiger partial charge < -0.3 is 19.9 Å². The summed E-state index contributed by atoms with van der Waals surface area (Å²) >= 11 is 6.06. The Morgan fingerprint density at radius 2 is 2.14 bits per heavy atom. The third kappa shape index (κ3) is 2.49. The summed E-state index contributed by atoms with van der Waals surface area (Å²) in [6.45, 7) is 3.31. The van der Waals surface area contributed by atoms with Gasteiger partial charge in [-0.25, -0.2) is 9.38 Å². The molecule has 4 heterocycles. The molecule has 1 spiro atoms. The summed E-state index contributed by atoms with van der Waals surface area (Å²) in [6.07, 6.45) is 3.76. The second-order valence-electron chi connectivity index (χ2n) is 7.68. The van der Waals surface area contributed by atoms with Crippen molar-refractivity contribution in [2.45, 2.75) is 24.5 Å².